The second-order valence-corrected chi connectivity index (χ2v) is 7.72. The molecule has 0 bridgehead atoms. The number of aryl methyl sites for hydroxylation is 2. The van der Waals surface area contributed by atoms with Crippen LogP contribution in [0.2, 0.25) is 0 Å². The maximum atomic E-state index is 12.4. The van der Waals surface area contributed by atoms with Crippen molar-refractivity contribution < 1.29 is 17.7 Å². The number of rotatable bonds is 6. The van der Waals surface area contributed by atoms with E-state index in [4.69, 9.17) is 9.26 Å². The van der Waals surface area contributed by atoms with Gasteiger partial charge in [-0.15, -0.1) is 0 Å². The quantitative estimate of drug-likeness (QED) is 0.841. The summed E-state index contributed by atoms with van der Waals surface area (Å²) in [4.78, 5) is 0.188. The number of nitrogens with one attached hydrogen (secondary N) is 1. The molecule has 0 saturated carbocycles. The molecule has 0 radical (unpaired) electrons. The molecule has 3 heterocycles. The van der Waals surface area contributed by atoms with E-state index in [1.807, 2.05) is 13.8 Å². The lowest BCUT2D eigenvalue weighted by Crippen LogP contribution is -2.26. The van der Waals surface area contributed by atoms with Gasteiger partial charge < -0.3 is 9.26 Å². The van der Waals surface area contributed by atoms with Crippen LogP contribution in [0, 0.1) is 13.8 Å². The molecule has 24 heavy (non-hydrogen) atoms. The molecule has 0 unspecified atom stereocenters. The van der Waals surface area contributed by atoms with E-state index in [-0.39, 0.29) is 17.5 Å². The summed E-state index contributed by atoms with van der Waals surface area (Å²) in [5, 5.41) is 8.08. The number of nitrogens with zero attached hydrogens (tertiary/aromatic N) is 3. The van der Waals surface area contributed by atoms with Gasteiger partial charge in [0.15, 0.2) is 0 Å². The van der Waals surface area contributed by atoms with Gasteiger partial charge in [-0.05, 0) is 33.1 Å². The first-order valence-electron chi connectivity index (χ1n) is 8.00. The molecule has 1 fully saturated rings. The van der Waals surface area contributed by atoms with Crippen LogP contribution in [-0.2, 0) is 21.2 Å². The molecule has 0 atom stereocenters. The van der Waals surface area contributed by atoms with Gasteiger partial charge in [0.1, 0.15) is 10.7 Å². The van der Waals surface area contributed by atoms with Crippen LogP contribution in [0.15, 0.2) is 21.8 Å². The van der Waals surface area contributed by atoms with Gasteiger partial charge in [0.25, 0.3) is 0 Å². The van der Waals surface area contributed by atoms with Gasteiger partial charge in [-0.3, -0.25) is 4.68 Å². The Hall–Kier alpha value is -1.71. The van der Waals surface area contributed by atoms with Crippen molar-refractivity contribution >= 4 is 10.0 Å². The lowest BCUT2D eigenvalue weighted by molar-refractivity contribution is 0.0662. The Balaban J connectivity index is 1.62. The molecule has 0 aromatic carbocycles. The molecule has 1 aliphatic heterocycles. The summed E-state index contributed by atoms with van der Waals surface area (Å²) in [7, 11) is -3.57. The minimum Gasteiger partial charge on any atom is -0.381 e. The van der Waals surface area contributed by atoms with Crippen LogP contribution >= 0.6 is 0 Å². The van der Waals surface area contributed by atoms with Crippen LogP contribution < -0.4 is 4.72 Å². The molecule has 1 aliphatic rings. The van der Waals surface area contributed by atoms with Gasteiger partial charge in [0.2, 0.25) is 10.0 Å². The van der Waals surface area contributed by atoms with Crippen molar-refractivity contribution in [3.63, 3.8) is 0 Å². The van der Waals surface area contributed by atoms with Crippen molar-refractivity contribution in [1.82, 2.24) is 19.7 Å². The molecule has 1 N–H and O–H groups in total. The highest BCUT2D eigenvalue weighted by molar-refractivity contribution is 7.89. The molecule has 132 valence electrons. The molecule has 2 aromatic heterocycles. The Morgan fingerprint density at radius 3 is 2.75 bits per heavy atom. The van der Waals surface area contributed by atoms with Crippen molar-refractivity contribution in [2.75, 3.05) is 19.8 Å². The molecule has 0 aliphatic carbocycles. The zero-order chi connectivity index (χ0) is 17.2. The van der Waals surface area contributed by atoms with Gasteiger partial charge in [0, 0.05) is 31.5 Å². The van der Waals surface area contributed by atoms with E-state index in [1.165, 1.54) is 6.20 Å². The van der Waals surface area contributed by atoms with Crippen LogP contribution in [0.25, 0.3) is 0 Å². The molecular weight excluding hydrogens is 332 g/mol. The molecule has 1 saturated heterocycles. The largest absolute Gasteiger partial charge is 0.381 e. The molecule has 2 aromatic rings. The van der Waals surface area contributed by atoms with Crippen molar-refractivity contribution in [1.29, 1.82) is 0 Å². The summed E-state index contributed by atoms with van der Waals surface area (Å²) in [6.45, 7) is 5.32. The summed E-state index contributed by atoms with van der Waals surface area (Å²) in [6.07, 6.45) is 5.22. The van der Waals surface area contributed by atoms with E-state index in [9.17, 15) is 8.42 Å². The van der Waals surface area contributed by atoms with Crippen molar-refractivity contribution in [3.05, 3.63) is 29.4 Å². The first kappa shape index (κ1) is 17.1. The van der Waals surface area contributed by atoms with E-state index in [1.54, 1.807) is 10.9 Å². The fraction of sp³-hybridized carbons (Fsp3) is 0.600. The second-order valence-electron chi connectivity index (χ2n) is 5.95. The first-order chi connectivity index (χ1) is 11.5. The summed E-state index contributed by atoms with van der Waals surface area (Å²) >= 11 is 0. The van der Waals surface area contributed by atoms with Gasteiger partial charge in [-0.1, -0.05) is 5.16 Å². The number of hydrogen-bond acceptors (Lipinski definition) is 6. The predicted octanol–water partition coefficient (Wildman–Crippen LogP) is 1.36. The monoisotopic (exact) mass is 354 g/mol. The van der Waals surface area contributed by atoms with Crippen molar-refractivity contribution in [3.8, 4) is 0 Å². The highest BCUT2D eigenvalue weighted by Gasteiger charge is 2.21. The fourth-order valence-corrected chi connectivity index (χ4v) is 3.83. The first-order valence-corrected chi connectivity index (χ1v) is 9.49. The third-order valence-corrected chi connectivity index (χ3v) is 5.72. The number of hydrogen-bond donors (Lipinski definition) is 1. The number of sulfonamides is 1. The normalized spacial score (nSPS) is 16.6. The minimum atomic E-state index is -3.57. The third kappa shape index (κ3) is 3.68. The molecule has 0 spiro atoms. The molecule has 8 nitrogen and oxygen atoms in total. The standard InChI is InChI=1S/C15H22N4O4S/c1-11-15(12(2)23-18-11)3-6-17-24(20,21)14-9-16-19(10-14)13-4-7-22-8-5-13/h9-10,13,17H,3-8H2,1-2H3. The third-order valence-electron chi connectivity index (χ3n) is 4.30. The summed E-state index contributed by atoms with van der Waals surface area (Å²) < 4.78 is 39.5. The van der Waals surface area contributed by atoms with E-state index in [0.717, 1.165) is 29.9 Å². The van der Waals surface area contributed by atoms with E-state index in [0.29, 0.717) is 19.6 Å². The highest BCUT2D eigenvalue weighted by atomic mass is 32.2. The average Bonchev–Trinajstić information content (AvgIpc) is 3.18. The Morgan fingerprint density at radius 2 is 2.08 bits per heavy atom. The van der Waals surface area contributed by atoms with E-state index in [2.05, 4.69) is 15.0 Å². The average molecular weight is 354 g/mol. The van der Waals surface area contributed by atoms with Crippen molar-refractivity contribution in [2.45, 2.75) is 44.0 Å². The molecular formula is C15H22N4O4S. The lowest BCUT2D eigenvalue weighted by atomic mass is 10.1. The zero-order valence-electron chi connectivity index (χ0n) is 13.9. The van der Waals surface area contributed by atoms with Gasteiger partial charge >= 0.3 is 0 Å². The highest BCUT2D eigenvalue weighted by Crippen LogP contribution is 2.21. The maximum absolute atomic E-state index is 12.4. The molecule has 3 rings (SSSR count). The molecule has 9 heteroatoms. The van der Waals surface area contributed by atoms with Crippen molar-refractivity contribution in [2.24, 2.45) is 0 Å². The zero-order valence-corrected chi connectivity index (χ0v) is 14.7. The maximum Gasteiger partial charge on any atom is 0.243 e. The van der Waals surface area contributed by atoms with Crippen LogP contribution in [0.5, 0.6) is 0 Å². The Labute approximate surface area is 141 Å². The summed E-state index contributed by atoms with van der Waals surface area (Å²) in [5.41, 5.74) is 1.73. The van der Waals surface area contributed by atoms with Gasteiger partial charge in [-0.2, -0.15) is 5.10 Å². The van der Waals surface area contributed by atoms with Crippen LogP contribution in [0.1, 0.15) is 35.9 Å². The summed E-state index contributed by atoms with van der Waals surface area (Å²) in [5.74, 6) is 0.721. The Bertz CT molecular complexity index is 771. The van der Waals surface area contributed by atoms with Crippen LogP contribution in [-0.4, -0.2) is 43.1 Å². The van der Waals surface area contributed by atoms with E-state index < -0.39 is 10.0 Å². The smallest absolute Gasteiger partial charge is 0.243 e. The predicted molar refractivity (Wildman–Crippen MR) is 86.2 cm³/mol. The number of ether oxygens (including phenoxy) is 1. The van der Waals surface area contributed by atoms with Crippen LogP contribution in [0.3, 0.4) is 0 Å². The van der Waals surface area contributed by atoms with Gasteiger partial charge in [0.05, 0.1) is 17.9 Å². The van der Waals surface area contributed by atoms with Crippen LogP contribution in [0.4, 0.5) is 0 Å². The number of aromatic nitrogens is 3. The minimum absolute atomic E-state index is 0.188. The molecule has 0 amide bonds. The summed E-state index contributed by atoms with van der Waals surface area (Å²) in [6, 6.07) is 0.199. The van der Waals surface area contributed by atoms with Gasteiger partial charge in [-0.25, -0.2) is 13.1 Å². The topological polar surface area (TPSA) is 99.3 Å². The SMILES string of the molecule is Cc1noc(C)c1CCNS(=O)(=O)c1cnn(C2CCOCC2)c1. The fourth-order valence-electron chi connectivity index (χ4n) is 2.86. The second kappa shape index (κ2) is 7.04. The van der Waals surface area contributed by atoms with E-state index >= 15 is 0 Å². The Morgan fingerprint density at radius 1 is 1.33 bits per heavy atom. The lowest BCUT2D eigenvalue weighted by Gasteiger charge is -2.22. The Kier molecular flexibility index (Phi) is 5.02.